The third-order valence-electron chi connectivity index (χ3n) is 4.67. The van der Waals surface area contributed by atoms with Crippen LogP contribution < -0.4 is 10.5 Å². The summed E-state index contributed by atoms with van der Waals surface area (Å²) in [7, 11) is 0. The molecule has 0 aromatic heterocycles. The number of hydrogen-bond donors (Lipinski definition) is 1. The minimum absolute atomic E-state index is 0.104. The molecule has 112 valence electrons. The van der Waals surface area contributed by atoms with Gasteiger partial charge in [-0.25, -0.2) is 0 Å². The molecule has 0 bridgehead atoms. The van der Waals surface area contributed by atoms with Crippen molar-refractivity contribution in [3.05, 3.63) is 42.5 Å². The molecule has 1 heterocycles. The molecule has 4 nitrogen and oxygen atoms in total. The van der Waals surface area contributed by atoms with E-state index >= 15 is 0 Å². The largest absolute Gasteiger partial charge is 0.490 e. The first kappa shape index (κ1) is 14.1. The lowest BCUT2D eigenvalue weighted by Gasteiger charge is -2.19. The topological polar surface area (TPSA) is 55.6 Å². The summed E-state index contributed by atoms with van der Waals surface area (Å²) in [6, 6.07) is 7.59. The fraction of sp³-hybridized carbons (Fsp3) is 0.471. The first-order valence-electron chi connectivity index (χ1n) is 7.57. The van der Waals surface area contributed by atoms with Crippen LogP contribution in [0, 0.1) is 11.8 Å². The molecule has 1 saturated heterocycles. The van der Waals surface area contributed by atoms with Gasteiger partial charge >= 0.3 is 0 Å². The van der Waals surface area contributed by atoms with E-state index in [1.54, 1.807) is 6.08 Å². The number of likely N-dealkylation sites (tertiary alicyclic amines) is 1. The maximum atomic E-state index is 12.5. The molecule has 21 heavy (non-hydrogen) atoms. The van der Waals surface area contributed by atoms with Crippen molar-refractivity contribution in [1.82, 2.24) is 4.90 Å². The summed E-state index contributed by atoms with van der Waals surface area (Å²) in [5, 5.41) is 0. The molecule has 0 spiro atoms. The second kappa shape index (κ2) is 5.90. The number of ether oxygens (including phenoxy) is 1. The van der Waals surface area contributed by atoms with E-state index in [1.807, 2.05) is 29.2 Å². The first-order valence-corrected chi connectivity index (χ1v) is 7.57. The molecule has 1 aromatic rings. The SMILES string of the molecule is C=CCOc1ccc(C(=O)N2CC3CCC(N)C3C2)cc1. The van der Waals surface area contributed by atoms with Crippen molar-refractivity contribution in [2.75, 3.05) is 19.7 Å². The van der Waals surface area contributed by atoms with E-state index in [1.165, 1.54) is 0 Å². The Balaban J connectivity index is 1.64. The molecule has 3 rings (SSSR count). The Bertz CT molecular complexity index is 526. The van der Waals surface area contributed by atoms with Crippen LogP contribution in [0.1, 0.15) is 23.2 Å². The summed E-state index contributed by atoms with van der Waals surface area (Å²) in [6.07, 6.45) is 3.96. The summed E-state index contributed by atoms with van der Waals surface area (Å²) in [4.78, 5) is 14.5. The third-order valence-corrected chi connectivity index (χ3v) is 4.67. The van der Waals surface area contributed by atoms with Crippen LogP contribution >= 0.6 is 0 Å². The summed E-state index contributed by atoms with van der Waals surface area (Å²) in [6.45, 7) is 5.74. The number of amides is 1. The molecule has 1 amide bonds. The molecule has 0 radical (unpaired) electrons. The number of hydrogen-bond acceptors (Lipinski definition) is 3. The molecule has 3 atom stereocenters. The van der Waals surface area contributed by atoms with Gasteiger partial charge in [0.05, 0.1) is 0 Å². The Morgan fingerprint density at radius 2 is 2.10 bits per heavy atom. The number of fused-ring (bicyclic) bond motifs is 1. The zero-order valence-corrected chi connectivity index (χ0v) is 12.2. The molecule has 3 unspecified atom stereocenters. The highest BCUT2D eigenvalue weighted by Crippen LogP contribution is 2.37. The summed E-state index contributed by atoms with van der Waals surface area (Å²) in [5.41, 5.74) is 6.84. The van der Waals surface area contributed by atoms with Gasteiger partial charge in [0.15, 0.2) is 0 Å². The molecular formula is C17H22N2O2. The number of benzene rings is 1. The normalized spacial score (nSPS) is 27.5. The zero-order chi connectivity index (χ0) is 14.8. The van der Waals surface area contributed by atoms with Crippen molar-refractivity contribution in [2.24, 2.45) is 17.6 Å². The molecule has 1 aromatic carbocycles. The van der Waals surface area contributed by atoms with Crippen molar-refractivity contribution in [3.8, 4) is 5.75 Å². The summed E-state index contributed by atoms with van der Waals surface area (Å²) in [5.74, 6) is 1.95. The van der Waals surface area contributed by atoms with E-state index < -0.39 is 0 Å². The van der Waals surface area contributed by atoms with E-state index in [9.17, 15) is 4.79 Å². The average Bonchev–Trinajstić information content (AvgIpc) is 3.07. The van der Waals surface area contributed by atoms with Crippen LogP contribution in [0.15, 0.2) is 36.9 Å². The fourth-order valence-electron chi connectivity index (χ4n) is 3.50. The van der Waals surface area contributed by atoms with Crippen LogP contribution in [0.5, 0.6) is 5.75 Å². The van der Waals surface area contributed by atoms with Crippen LogP contribution in [-0.2, 0) is 0 Å². The molecule has 1 saturated carbocycles. The second-order valence-electron chi connectivity index (χ2n) is 6.00. The zero-order valence-electron chi connectivity index (χ0n) is 12.2. The Hall–Kier alpha value is -1.81. The van der Waals surface area contributed by atoms with Gasteiger partial charge in [0.2, 0.25) is 0 Å². The number of nitrogens with zero attached hydrogens (tertiary/aromatic N) is 1. The minimum Gasteiger partial charge on any atom is -0.490 e. The van der Waals surface area contributed by atoms with Crippen LogP contribution in [0.2, 0.25) is 0 Å². The van der Waals surface area contributed by atoms with Crippen LogP contribution in [-0.4, -0.2) is 36.5 Å². The van der Waals surface area contributed by atoms with Crippen molar-refractivity contribution >= 4 is 5.91 Å². The quantitative estimate of drug-likeness (QED) is 0.862. The average molecular weight is 286 g/mol. The first-order chi connectivity index (χ1) is 10.2. The highest BCUT2D eigenvalue weighted by Gasteiger charge is 2.42. The Labute approximate surface area is 125 Å². The number of carbonyl (C=O) groups excluding carboxylic acids is 1. The molecule has 1 aliphatic heterocycles. The van der Waals surface area contributed by atoms with Gasteiger partial charge in [-0.1, -0.05) is 12.7 Å². The third kappa shape index (κ3) is 2.81. The molecule has 1 aliphatic carbocycles. The molecule has 2 N–H and O–H groups in total. The molecule has 2 aliphatic rings. The van der Waals surface area contributed by atoms with Crippen molar-refractivity contribution in [3.63, 3.8) is 0 Å². The van der Waals surface area contributed by atoms with Gasteiger partial charge in [0.25, 0.3) is 5.91 Å². The number of nitrogens with two attached hydrogens (primary N) is 1. The summed E-state index contributed by atoms with van der Waals surface area (Å²) >= 11 is 0. The predicted molar refractivity (Wildman–Crippen MR) is 82.2 cm³/mol. The molecular weight excluding hydrogens is 264 g/mol. The second-order valence-corrected chi connectivity index (χ2v) is 6.00. The van der Waals surface area contributed by atoms with Gasteiger partial charge in [-0.3, -0.25) is 4.79 Å². The maximum Gasteiger partial charge on any atom is 0.253 e. The number of rotatable bonds is 4. The van der Waals surface area contributed by atoms with E-state index in [-0.39, 0.29) is 11.9 Å². The van der Waals surface area contributed by atoms with E-state index in [4.69, 9.17) is 10.5 Å². The van der Waals surface area contributed by atoms with Crippen LogP contribution in [0.3, 0.4) is 0 Å². The van der Waals surface area contributed by atoms with Crippen LogP contribution in [0.4, 0.5) is 0 Å². The van der Waals surface area contributed by atoms with Gasteiger partial charge < -0.3 is 15.4 Å². The lowest BCUT2D eigenvalue weighted by atomic mass is 9.98. The highest BCUT2D eigenvalue weighted by molar-refractivity contribution is 5.94. The lowest BCUT2D eigenvalue weighted by Crippen LogP contribution is -2.33. The predicted octanol–water partition coefficient (Wildman–Crippen LogP) is 2.06. The number of carbonyl (C=O) groups is 1. The van der Waals surface area contributed by atoms with E-state index in [0.717, 1.165) is 37.2 Å². The van der Waals surface area contributed by atoms with Gasteiger partial charge in [0, 0.05) is 24.7 Å². The van der Waals surface area contributed by atoms with E-state index in [0.29, 0.717) is 18.4 Å². The Morgan fingerprint density at radius 3 is 2.76 bits per heavy atom. The van der Waals surface area contributed by atoms with Crippen LogP contribution in [0.25, 0.3) is 0 Å². The standard InChI is InChI=1S/C17H22N2O2/c1-2-9-21-14-6-3-12(4-7-14)17(20)19-10-13-5-8-16(18)15(13)11-19/h2-4,6-7,13,15-16H,1,5,8-11,18H2. The van der Waals surface area contributed by atoms with Crippen molar-refractivity contribution in [2.45, 2.75) is 18.9 Å². The minimum atomic E-state index is 0.104. The highest BCUT2D eigenvalue weighted by atomic mass is 16.5. The van der Waals surface area contributed by atoms with Gasteiger partial charge in [-0.05, 0) is 48.9 Å². The van der Waals surface area contributed by atoms with Crippen molar-refractivity contribution in [1.29, 1.82) is 0 Å². The van der Waals surface area contributed by atoms with Crippen molar-refractivity contribution < 1.29 is 9.53 Å². The van der Waals surface area contributed by atoms with Gasteiger partial charge in [-0.2, -0.15) is 0 Å². The monoisotopic (exact) mass is 286 g/mol. The van der Waals surface area contributed by atoms with E-state index in [2.05, 4.69) is 6.58 Å². The molecule has 4 heteroatoms. The van der Waals surface area contributed by atoms with Gasteiger partial charge in [-0.15, -0.1) is 0 Å². The Kier molecular flexibility index (Phi) is 3.97. The van der Waals surface area contributed by atoms with Gasteiger partial charge in [0.1, 0.15) is 12.4 Å². The molecule has 2 fully saturated rings. The summed E-state index contributed by atoms with van der Waals surface area (Å²) < 4.78 is 5.43. The fourth-order valence-corrected chi connectivity index (χ4v) is 3.50. The Morgan fingerprint density at radius 1 is 1.33 bits per heavy atom. The maximum absolute atomic E-state index is 12.5. The smallest absolute Gasteiger partial charge is 0.253 e. The lowest BCUT2D eigenvalue weighted by molar-refractivity contribution is 0.0779.